The molecule has 4 heterocycles. The number of nitrogens with zero attached hydrogens (tertiary/aromatic N) is 4. The highest BCUT2D eigenvalue weighted by Crippen LogP contribution is 2.41. The largest absolute Gasteiger partial charge is 0.352 e. The molecule has 2 aliphatic rings. The van der Waals surface area contributed by atoms with E-state index in [1.807, 2.05) is 41.3 Å². The number of aromatic nitrogens is 3. The molecule has 0 atom stereocenters. The van der Waals surface area contributed by atoms with Gasteiger partial charge in [-0.15, -0.1) is 11.3 Å². The van der Waals surface area contributed by atoms with Crippen molar-refractivity contribution < 1.29 is 4.79 Å². The van der Waals surface area contributed by atoms with E-state index in [0.717, 1.165) is 50.4 Å². The van der Waals surface area contributed by atoms with Gasteiger partial charge in [0.15, 0.2) is 0 Å². The van der Waals surface area contributed by atoms with Crippen molar-refractivity contribution in [2.45, 2.75) is 45.2 Å². The molecule has 0 aromatic carbocycles. The number of carbonyl (C=O) groups excluding carboxylic acids is 1. The number of hydrogen-bond acceptors (Lipinski definition) is 5. The number of fused-ring (bicyclic) bond motifs is 1. The Morgan fingerprint density at radius 1 is 1.32 bits per heavy atom. The van der Waals surface area contributed by atoms with Gasteiger partial charge in [0.25, 0.3) is 5.91 Å². The number of aryl methyl sites for hydroxylation is 1. The van der Waals surface area contributed by atoms with Crippen LogP contribution in [0.1, 0.15) is 52.2 Å². The second kappa shape index (κ2) is 7.05. The molecule has 7 heteroatoms. The minimum atomic E-state index is -0.1000. The molecule has 0 radical (unpaired) electrons. The first-order chi connectivity index (χ1) is 13.7. The van der Waals surface area contributed by atoms with Gasteiger partial charge in [-0.3, -0.25) is 9.48 Å². The lowest BCUT2D eigenvalue weighted by Gasteiger charge is -2.28. The minimum absolute atomic E-state index is 0.1000. The molecule has 1 saturated carbocycles. The van der Waals surface area contributed by atoms with Crippen LogP contribution in [-0.4, -0.2) is 27.2 Å². The average molecular weight is 394 g/mol. The van der Waals surface area contributed by atoms with Crippen LogP contribution in [0.4, 0.5) is 11.5 Å². The zero-order valence-electron chi connectivity index (χ0n) is 15.9. The number of hydrogen-bond donors (Lipinski definition) is 1. The van der Waals surface area contributed by atoms with E-state index in [2.05, 4.69) is 31.7 Å². The normalized spacial score (nSPS) is 16.1. The van der Waals surface area contributed by atoms with Crippen LogP contribution in [0.2, 0.25) is 0 Å². The van der Waals surface area contributed by atoms with Crippen molar-refractivity contribution in [3.8, 4) is 0 Å². The number of thiophene rings is 1. The molecule has 28 heavy (non-hydrogen) atoms. The monoisotopic (exact) mass is 393 g/mol. The Bertz CT molecular complexity index is 1000. The summed E-state index contributed by atoms with van der Waals surface area (Å²) in [4.78, 5) is 21.2. The molecule has 1 aliphatic heterocycles. The summed E-state index contributed by atoms with van der Waals surface area (Å²) in [6.45, 7) is 4.68. The van der Waals surface area contributed by atoms with Gasteiger partial charge < -0.3 is 10.2 Å². The maximum Gasteiger partial charge on any atom is 0.259 e. The molecule has 3 aromatic heterocycles. The van der Waals surface area contributed by atoms with Gasteiger partial charge in [0.1, 0.15) is 5.82 Å². The smallest absolute Gasteiger partial charge is 0.259 e. The number of carbonyl (C=O) groups is 1. The first-order valence-electron chi connectivity index (χ1n) is 9.86. The van der Waals surface area contributed by atoms with Gasteiger partial charge in [-0.25, -0.2) is 4.98 Å². The fourth-order valence-electron chi connectivity index (χ4n) is 3.72. The quantitative estimate of drug-likeness (QED) is 0.710. The summed E-state index contributed by atoms with van der Waals surface area (Å²) >= 11 is 1.84. The lowest BCUT2D eigenvalue weighted by atomic mass is 10.1. The first kappa shape index (κ1) is 17.4. The Labute approximate surface area is 168 Å². The molecule has 0 saturated heterocycles. The standard InChI is InChI=1S/C21H23N5OS/c1-2-26-13-17(20(24-26)14-3-4-14)21(27)23-16-5-6-19(22-11-16)25-9-7-18-15(12-25)8-10-28-18/h5-6,8,10-11,13-14H,2-4,7,9,12H2,1H3,(H,23,27). The van der Waals surface area contributed by atoms with Crippen LogP contribution in [-0.2, 0) is 19.5 Å². The van der Waals surface area contributed by atoms with Crippen molar-refractivity contribution in [2.24, 2.45) is 0 Å². The second-order valence-corrected chi connectivity index (χ2v) is 8.46. The van der Waals surface area contributed by atoms with E-state index in [1.54, 1.807) is 6.20 Å². The molecule has 6 nitrogen and oxygen atoms in total. The molecule has 5 rings (SSSR count). The van der Waals surface area contributed by atoms with Crippen molar-refractivity contribution in [3.63, 3.8) is 0 Å². The molecule has 3 aromatic rings. The van der Waals surface area contributed by atoms with E-state index in [1.165, 1.54) is 10.4 Å². The van der Waals surface area contributed by atoms with Crippen molar-refractivity contribution in [1.82, 2.24) is 14.8 Å². The van der Waals surface area contributed by atoms with Gasteiger partial charge in [-0.05, 0) is 55.3 Å². The van der Waals surface area contributed by atoms with Crippen LogP contribution in [0, 0.1) is 0 Å². The third-order valence-corrected chi connectivity index (χ3v) is 6.48. The fraction of sp³-hybridized carbons (Fsp3) is 0.381. The number of anilines is 2. The Kier molecular flexibility index (Phi) is 4.39. The van der Waals surface area contributed by atoms with Crippen LogP contribution in [0.15, 0.2) is 36.0 Å². The molecular weight excluding hydrogens is 370 g/mol. The van der Waals surface area contributed by atoms with Gasteiger partial charge in [-0.1, -0.05) is 0 Å². The molecule has 144 valence electrons. The van der Waals surface area contributed by atoms with Gasteiger partial charge in [-0.2, -0.15) is 5.10 Å². The van der Waals surface area contributed by atoms with Gasteiger partial charge in [0, 0.05) is 36.6 Å². The lowest BCUT2D eigenvalue weighted by molar-refractivity contribution is 0.102. The topological polar surface area (TPSA) is 63.1 Å². The predicted molar refractivity (Wildman–Crippen MR) is 111 cm³/mol. The van der Waals surface area contributed by atoms with Crippen LogP contribution in [0.5, 0.6) is 0 Å². The number of pyridine rings is 1. The number of nitrogens with one attached hydrogen (secondary N) is 1. The highest BCUT2D eigenvalue weighted by molar-refractivity contribution is 7.10. The Morgan fingerprint density at radius 3 is 2.96 bits per heavy atom. The maximum absolute atomic E-state index is 12.8. The van der Waals surface area contributed by atoms with E-state index < -0.39 is 0 Å². The maximum atomic E-state index is 12.8. The highest BCUT2D eigenvalue weighted by atomic mass is 32.1. The molecular formula is C21H23N5OS. The summed E-state index contributed by atoms with van der Waals surface area (Å²) in [6.07, 6.45) is 6.92. The Balaban J connectivity index is 1.29. The van der Waals surface area contributed by atoms with Gasteiger partial charge >= 0.3 is 0 Å². The SMILES string of the molecule is CCn1cc(C(=O)Nc2ccc(N3CCc4sccc4C3)nc2)c(C2CC2)n1. The zero-order valence-corrected chi connectivity index (χ0v) is 16.7. The summed E-state index contributed by atoms with van der Waals surface area (Å²) in [5.74, 6) is 1.29. The van der Waals surface area contributed by atoms with Crippen molar-refractivity contribution in [1.29, 1.82) is 0 Å². The molecule has 0 unspecified atom stereocenters. The van der Waals surface area contributed by atoms with Crippen LogP contribution < -0.4 is 10.2 Å². The summed E-state index contributed by atoms with van der Waals surface area (Å²) in [7, 11) is 0. The minimum Gasteiger partial charge on any atom is -0.352 e. The zero-order chi connectivity index (χ0) is 19.1. The lowest BCUT2D eigenvalue weighted by Crippen LogP contribution is -2.30. The third kappa shape index (κ3) is 3.30. The van der Waals surface area contributed by atoms with Crippen LogP contribution in [0.3, 0.4) is 0 Å². The first-order valence-corrected chi connectivity index (χ1v) is 10.7. The van der Waals surface area contributed by atoms with Crippen molar-refractivity contribution >= 4 is 28.7 Å². The molecule has 0 spiro atoms. The predicted octanol–water partition coefficient (Wildman–Crippen LogP) is 4.05. The van der Waals surface area contributed by atoms with Gasteiger partial charge in [0.2, 0.25) is 0 Å². The highest BCUT2D eigenvalue weighted by Gasteiger charge is 2.31. The molecule has 1 amide bonds. The van der Waals surface area contributed by atoms with Crippen molar-refractivity contribution in [3.05, 3.63) is 57.7 Å². The summed E-state index contributed by atoms with van der Waals surface area (Å²) < 4.78 is 1.85. The summed E-state index contributed by atoms with van der Waals surface area (Å²) in [5, 5.41) is 9.73. The van der Waals surface area contributed by atoms with E-state index >= 15 is 0 Å². The third-order valence-electron chi connectivity index (χ3n) is 5.46. The summed E-state index contributed by atoms with van der Waals surface area (Å²) in [6, 6.07) is 6.13. The molecule has 1 N–H and O–H groups in total. The molecule has 1 aliphatic carbocycles. The Morgan fingerprint density at radius 2 is 2.21 bits per heavy atom. The molecule has 0 bridgehead atoms. The van der Waals surface area contributed by atoms with Crippen LogP contribution >= 0.6 is 11.3 Å². The van der Waals surface area contributed by atoms with E-state index in [4.69, 9.17) is 0 Å². The molecule has 1 fully saturated rings. The average Bonchev–Trinajstić information content (AvgIpc) is 3.29. The van der Waals surface area contributed by atoms with Crippen LogP contribution in [0.25, 0.3) is 0 Å². The van der Waals surface area contributed by atoms with E-state index in [-0.39, 0.29) is 5.91 Å². The van der Waals surface area contributed by atoms with E-state index in [0.29, 0.717) is 17.2 Å². The number of rotatable bonds is 5. The van der Waals surface area contributed by atoms with Gasteiger partial charge in [0.05, 0.1) is 23.1 Å². The number of amides is 1. The second-order valence-electron chi connectivity index (χ2n) is 7.46. The van der Waals surface area contributed by atoms with Crippen molar-refractivity contribution in [2.75, 3.05) is 16.8 Å². The van der Waals surface area contributed by atoms with E-state index in [9.17, 15) is 4.79 Å². The summed E-state index contributed by atoms with van der Waals surface area (Å²) in [5.41, 5.74) is 3.74. The fourth-order valence-corrected chi connectivity index (χ4v) is 4.61. The Hall–Kier alpha value is -2.67.